The van der Waals surface area contributed by atoms with E-state index in [1.807, 2.05) is 42.5 Å². The van der Waals surface area contributed by atoms with E-state index in [9.17, 15) is 5.11 Å². The van der Waals surface area contributed by atoms with Crippen LogP contribution in [0.1, 0.15) is 5.56 Å². The summed E-state index contributed by atoms with van der Waals surface area (Å²) in [5, 5.41) is 9.27. The van der Waals surface area contributed by atoms with Crippen molar-refractivity contribution in [2.24, 2.45) is 0 Å². The molecule has 1 atom stereocenters. The molecule has 1 fully saturated rings. The highest BCUT2D eigenvalue weighted by atomic mass is 16.5. The predicted molar refractivity (Wildman–Crippen MR) is 84.0 cm³/mol. The summed E-state index contributed by atoms with van der Waals surface area (Å²) in [5.74, 6) is 1.56. The Hall–Kier alpha value is -2.11. The maximum atomic E-state index is 9.27. The number of hydrogen-bond donors (Lipinski definition) is 1. The molecule has 1 saturated heterocycles. The molecule has 22 heavy (non-hydrogen) atoms. The second-order valence-corrected chi connectivity index (χ2v) is 5.22. The SMILES string of the molecule is OCC1CN(c2ncccc2OCc2ccccc2)CCO1. The zero-order valence-electron chi connectivity index (χ0n) is 12.4. The minimum atomic E-state index is -0.169. The molecule has 116 valence electrons. The molecule has 0 amide bonds. The molecule has 1 N–H and O–H groups in total. The molecule has 3 rings (SSSR count). The number of rotatable bonds is 5. The monoisotopic (exact) mass is 300 g/mol. The van der Waals surface area contributed by atoms with E-state index in [1.54, 1.807) is 6.20 Å². The third-order valence-electron chi connectivity index (χ3n) is 3.63. The minimum absolute atomic E-state index is 0.0174. The number of nitrogens with zero attached hydrogens (tertiary/aromatic N) is 2. The van der Waals surface area contributed by atoms with Crippen LogP contribution in [0.3, 0.4) is 0 Å². The van der Waals surface area contributed by atoms with Crippen LogP contribution in [0.2, 0.25) is 0 Å². The van der Waals surface area contributed by atoms with Gasteiger partial charge in [-0.25, -0.2) is 4.98 Å². The third kappa shape index (κ3) is 3.55. The molecule has 5 nitrogen and oxygen atoms in total. The van der Waals surface area contributed by atoms with E-state index in [2.05, 4.69) is 9.88 Å². The van der Waals surface area contributed by atoms with Crippen LogP contribution in [0.25, 0.3) is 0 Å². The average Bonchev–Trinajstić information content (AvgIpc) is 2.61. The lowest BCUT2D eigenvalue weighted by Gasteiger charge is -2.33. The van der Waals surface area contributed by atoms with Gasteiger partial charge in [-0.3, -0.25) is 0 Å². The fourth-order valence-corrected chi connectivity index (χ4v) is 2.49. The minimum Gasteiger partial charge on any atom is -0.485 e. The van der Waals surface area contributed by atoms with Crippen LogP contribution in [-0.4, -0.2) is 42.5 Å². The molecular weight excluding hydrogens is 280 g/mol. The van der Waals surface area contributed by atoms with Crippen molar-refractivity contribution in [3.8, 4) is 5.75 Å². The van der Waals surface area contributed by atoms with Crippen molar-refractivity contribution in [1.29, 1.82) is 0 Å². The van der Waals surface area contributed by atoms with Crippen molar-refractivity contribution in [2.75, 3.05) is 31.2 Å². The van der Waals surface area contributed by atoms with Crippen molar-refractivity contribution < 1.29 is 14.6 Å². The van der Waals surface area contributed by atoms with Gasteiger partial charge in [-0.1, -0.05) is 30.3 Å². The highest BCUT2D eigenvalue weighted by Crippen LogP contribution is 2.27. The van der Waals surface area contributed by atoms with E-state index in [0.29, 0.717) is 19.8 Å². The lowest BCUT2D eigenvalue weighted by atomic mass is 10.2. The van der Waals surface area contributed by atoms with Crippen LogP contribution in [-0.2, 0) is 11.3 Å². The first-order valence-corrected chi connectivity index (χ1v) is 7.46. The maximum Gasteiger partial charge on any atom is 0.171 e. The number of hydrogen-bond acceptors (Lipinski definition) is 5. The van der Waals surface area contributed by atoms with Gasteiger partial charge in [0.15, 0.2) is 11.6 Å². The number of anilines is 1. The van der Waals surface area contributed by atoms with Gasteiger partial charge in [0.1, 0.15) is 6.61 Å². The molecule has 1 aliphatic rings. The molecule has 1 unspecified atom stereocenters. The summed E-state index contributed by atoms with van der Waals surface area (Å²) < 4.78 is 11.4. The van der Waals surface area contributed by atoms with E-state index in [-0.39, 0.29) is 12.7 Å². The molecule has 1 aliphatic heterocycles. The van der Waals surface area contributed by atoms with Crippen molar-refractivity contribution >= 4 is 5.82 Å². The number of aliphatic hydroxyl groups excluding tert-OH is 1. The van der Waals surface area contributed by atoms with Gasteiger partial charge in [0.25, 0.3) is 0 Å². The van der Waals surface area contributed by atoms with Gasteiger partial charge in [0.2, 0.25) is 0 Å². The second kappa shape index (κ2) is 7.24. The zero-order valence-corrected chi connectivity index (χ0v) is 12.4. The Morgan fingerprint density at radius 1 is 1.23 bits per heavy atom. The molecule has 0 aliphatic carbocycles. The van der Waals surface area contributed by atoms with Gasteiger partial charge in [-0.15, -0.1) is 0 Å². The second-order valence-electron chi connectivity index (χ2n) is 5.22. The lowest BCUT2D eigenvalue weighted by molar-refractivity contribution is 0.00321. The number of aromatic nitrogens is 1. The smallest absolute Gasteiger partial charge is 0.171 e. The number of aliphatic hydroxyl groups is 1. The van der Waals surface area contributed by atoms with Crippen LogP contribution >= 0.6 is 0 Å². The fourth-order valence-electron chi connectivity index (χ4n) is 2.49. The van der Waals surface area contributed by atoms with Crippen LogP contribution in [0.5, 0.6) is 5.75 Å². The van der Waals surface area contributed by atoms with Crippen LogP contribution in [0.15, 0.2) is 48.7 Å². The summed E-state index contributed by atoms with van der Waals surface area (Å²) in [6, 6.07) is 13.8. The Labute approximate surface area is 130 Å². The molecule has 0 spiro atoms. The maximum absolute atomic E-state index is 9.27. The highest BCUT2D eigenvalue weighted by Gasteiger charge is 2.23. The molecule has 1 aromatic carbocycles. The molecule has 5 heteroatoms. The van der Waals surface area contributed by atoms with E-state index in [1.165, 1.54) is 0 Å². The molecule has 0 bridgehead atoms. The number of morpholine rings is 1. The molecular formula is C17H20N2O3. The Kier molecular flexibility index (Phi) is 4.88. The summed E-state index contributed by atoms with van der Waals surface area (Å²) in [5.41, 5.74) is 1.12. The van der Waals surface area contributed by atoms with Gasteiger partial charge in [-0.05, 0) is 17.7 Å². The van der Waals surface area contributed by atoms with E-state index >= 15 is 0 Å². The van der Waals surface area contributed by atoms with Crippen molar-refractivity contribution in [1.82, 2.24) is 4.98 Å². The van der Waals surface area contributed by atoms with Gasteiger partial charge >= 0.3 is 0 Å². The number of pyridine rings is 1. The summed E-state index contributed by atoms with van der Waals surface area (Å²) >= 11 is 0. The van der Waals surface area contributed by atoms with Crippen molar-refractivity contribution in [3.63, 3.8) is 0 Å². The van der Waals surface area contributed by atoms with Crippen LogP contribution < -0.4 is 9.64 Å². The average molecular weight is 300 g/mol. The topological polar surface area (TPSA) is 54.8 Å². The van der Waals surface area contributed by atoms with Crippen LogP contribution in [0.4, 0.5) is 5.82 Å². The molecule has 1 aromatic heterocycles. The summed E-state index contributed by atoms with van der Waals surface area (Å²) in [4.78, 5) is 6.55. The first-order valence-electron chi connectivity index (χ1n) is 7.46. The van der Waals surface area contributed by atoms with E-state index in [0.717, 1.165) is 23.7 Å². The molecule has 2 heterocycles. The van der Waals surface area contributed by atoms with Crippen LogP contribution in [0, 0.1) is 0 Å². The Balaban J connectivity index is 1.72. The van der Waals surface area contributed by atoms with Gasteiger partial charge < -0.3 is 19.5 Å². The summed E-state index contributed by atoms with van der Waals surface area (Å²) in [7, 11) is 0. The normalized spacial score (nSPS) is 18.2. The predicted octanol–water partition coefficient (Wildman–Crippen LogP) is 1.86. The zero-order chi connectivity index (χ0) is 15.2. The third-order valence-corrected chi connectivity index (χ3v) is 3.63. The largest absolute Gasteiger partial charge is 0.485 e. The van der Waals surface area contributed by atoms with Gasteiger partial charge in [-0.2, -0.15) is 0 Å². The van der Waals surface area contributed by atoms with Crippen molar-refractivity contribution in [2.45, 2.75) is 12.7 Å². The first-order chi connectivity index (χ1) is 10.9. The molecule has 0 saturated carbocycles. The Morgan fingerprint density at radius 2 is 2.09 bits per heavy atom. The molecule has 0 radical (unpaired) electrons. The highest BCUT2D eigenvalue weighted by molar-refractivity contribution is 5.52. The summed E-state index contributed by atoms with van der Waals surface area (Å²) in [6.07, 6.45) is 1.59. The van der Waals surface area contributed by atoms with Crippen molar-refractivity contribution in [3.05, 3.63) is 54.2 Å². The quantitative estimate of drug-likeness (QED) is 0.913. The van der Waals surface area contributed by atoms with Gasteiger partial charge in [0, 0.05) is 19.3 Å². The Bertz CT molecular complexity index is 591. The van der Waals surface area contributed by atoms with E-state index < -0.39 is 0 Å². The standard InChI is InChI=1S/C17H20N2O3/c20-12-15-11-19(9-10-21-15)17-16(7-4-8-18-17)22-13-14-5-2-1-3-6-14/h1-8,15,20H,9-13H2. The van der Waals surface area contributed by atoms with E-state index in [4.69, 9.17) is 9.47 Å². The Morgan fingerprint density at radius 3 is 2.91 bits per heavy atom. The lowest BCUT2D eigenvalue weighted by Crippen LogP contribution is -2.44. The first kappa shape index (κ1) is 14.8. The summed E-state index contributed by atoms with van der Waals surface area (Å²) in [6.45, 7) is 2.47. The molecule has 2 aromatic rings. The van der Waals surface area contributed by atoms with Gasteiger partial charge in [0.05, 0.1) is 19.3 Å². The fraction of sp³-hybridized carbons (Fsp3) is 0.353. The number of ether oxygens (including phenoxy) is 2. The number of benzene rings is 1.